The average molecular weight is 720 g/mol. The second-order valence-electron chi connectivity index (χ2n) is 14.1. The summed E-state index contributed by atoms with van der Waals surface area (Å²) in [6, 6.07) is 72.2. The molecule has 2 nitrogen and oxygen atoms in total. The lowest BCUT2D eigenvalue weighted by Gasteiger charge is -2.28. The van der Waals surface area contributed by atoms with Crippen LogP contribution in [0.15, 0.2) is 205 Å². The lowest BCUT2D eigenvalue weighted by atomic mass is 9.97. The van der Waals surface area contributed by atoms with Gasteiger partial charge in [-0.2, -0.15) is 0 Å². The molecule has 2 heterocycles. The van der Waals surface area contributed by atoms with Crippen LogP contribution < -0.4 is 4.90 Å². The van der Waals surface area contributed by atoms with E-state index in [0.29, 0.717) is 0 Å². The second kappa shape index (κ2) is 12.9. The maximum Gasteiger partial charge on any atom is 0.143 e. The van der Waals surface area contributed by atoms with E-state index < -0.39 is 0 Å². The smallest absolute Gasteiger partial charge is 0.143 e. The number of para-hydroxylation sites is 1. The number of hydrogen-bond donors (Lipinski definition) is 0. The molecule has 0 bridgehead atoms. The number of benzene rings is 9. The number of furan rings is 1. The summed E-state index contributed by atoms with van der Waals surface area (Å²) in [5.74, 6) is 0. The van der Waals surface area contributed by atoms with Gasteiger partial charge in [-0.05, 0) is 87.8 Å². The van der Waals surface area contributed by atoms with Gasteiger partial charge in [-0.25, -0.2) is 0 Å². The minimum Gasteiger partial charge on any atom is -0.455 e. The molecule has 11 rings (SSSR count). The van der Waals surface area contributed by atoms with E-state index >= 15 is 0 Å². The van der Waals surface area contributed by atoms with Crippen LogP contribution in [0, 0.1) is 0 Å². The summed E-state index contributed by atoms with van der Waals surface area (Å²) in [5.41, 5.74) is 12.2. The highest BCUT2D eigenvalue weighted by Gasteiger charge is 2.20. The van der Waals surface area contributed by atoms with E-state index in [1.807, 2.05) is 11.3 Å². The molecule has 9 aromatic carbocycles. The van der Waals surface area contributed by atoms with Gasteiger partial charge >= 0.3 is 0 Å². The Morgan fingerprint density at radius 3 is 1.84 bits per heavy atom. The molecule has 0 saturated carbocycles. The molecular formula is C52H33NOS. The Labute approximate surface area is 322 Å². The van der Waals surface area contributed by atoms with Gasteiger partial charge in [0, 0.05) is 53.3 Å². The van der Waals surface area contributed by atoms with Gasteiger partial charge in [0.05, 0.1) is 5.69 Å². The molecule has 258 valence electrons. The van der Waals surface area contributed by atoms with Crippen LogP contribution in [-0.4, -0.2) is 0 Å². The Morgan fingerprint density at radius 2 is 1.00 bits per heavy atom. The third kappa shape index (κ3) is 5.32. The lowest BCUT2D eigenvalue weighted by molar-refractivity contribution is 0.673. The van der Waals surface area contributed by atoms with E-state index in [-0.39, 0.29) is 0 Å². The summed E-state index contributed by atoms with van der Waals surface area (Å²) in [7, 11) is 0. The monoisotopic (exact) mass is 719 g/mol. The molecule has 0 spiro atoms. The fourth-order valence-corrected chi connectivity index (χ4v) is 9.40. The highest BCUT2D eigenvalue weighted by Crippen LogP contribution is 2.45. The predicted molar refractivity (Wildman–Crippen MR) is 235 cm³/mol. The van der Waals surface area contributed by atoms with Gasteiger partial charge < -0.3 is 9.32 Å². The quantitative estimate of drug-likeness (QED) is 0.170. The molecule has 0 radical (unpaired) electrons. The van der Waals surface area contributed by atoms with Gasteiger partial charge in [-0.1, -0.05) is 146 Å². The van der Waals surface area contributed by atoms with Crippen molar-refractivity contribution in [3.05, 3.63) is 200 Å². The Hall–Kier alpha value is -6.94. The maximum atomic E-state index is 6.54. The Balaban J connectivity index is 1.05. The minimum atomic E-state index is 0.901. The fourth-order valence-electron chi connectivity index (χ4n) is 8.25. The standard InChI is InChI=1S/C52H33NOS/c1-2-11-34(12-3-1)35-21-27-39(28-22-35)53(47-18-8-6-14-41(47)38-26-31-45-44-16-7-9-20-49(44)55-50(45)33-38)40-29-23-37(24-30-40)42-17-10-19-48-51(42)46-32-25-36-13-4-5-15-43(36)52(46)54-48/h1-33H. The highest BCUT2D eigenvalue weighted by atomic mass is 32.1. The van der Waals surface area contributed by atoms with Crippen molar-refractivity contribution in [3.63, 3.8) is 0 Å². The zero-order valence-electron chi connectivity index (χ0n) is 29.8. The highest BCUT2D eigenvalue weighted by molar-refractivity contribution is 7.25. The van der Waals surface area contributed by atoms with Gasteiger partial charge in [0.15, 0.2) is 0 Å². The summed E-state index contributed by atoms with van der Waals surface area (Å²) in [6.45, 7) is 0. The van der Waals surface area contributed by atoms with Crippen molar-refractivity contribution in [2.45, 2.75) is 0 Å². The molecule has 2 aromatic heterocycles. The molecule has 0 amide bonds. The van der Waals surface area contributed by atoms with E-state index in [2.05, 4.69) is 205 Å². The van der Waals surface area contributed by atoms with E-state index in [9.17, 15) is 0 Å². The van der Waals surface area contributed by atoms with Gasteiger partial charge in [0.25, 0.3) is 0 Å². The van der Waals surface area contributed by atoms with Crippen molar-refractivity contribution in [2.24, 2.45) is 0 Å². The minimum absolute atomic E-state index is 0.901. The van der Waals surface area contributed by atoms with Crippen LogP contribution in [0.5, 0.6) is 0 Å². The first-order chi connectivity index (χ1) is 27.3. The predicted octanol–water partition coefficient (Wildman–Crippen LogP) is 15.6. The summed E-state index contributed by atoms with van der Waals surface area (Å²) in [5, 5.41) is 7.22. The first-order valence-electron chi connectivity index (χ1n) is 18.7. The third-order valence-corrected chi connectivity index (χ3v) is 12.0. The summed E-state index contributed by atoms with van der Waals surface area (Å²) < 4.78 is 9.15. The van der Waals surface area contributed by atoms with Crippen molar-refractivity contribution in [1.82, 2.24) is 0 Å². The zero-order chi connectivity index (χ0) is 36.3. The number of nitrogens with zero attached hydrogens (tertiary/aromatic N) is 1. The molecule has 55 heavy (non-hydrogen) atoms. The van der Waals surface area contributed by atoms with Crippen LogP contribution >= 0.6 is 11.3 Å². The normalized spacial score (nSPS) is 11.6. The number of rotatable bonds is 6. The maximum absolute atomic E-state index is 6.54. The first-order valence-corrected chi connectivity index (χ1v) is 19.5. The van der Waals surface area contributed by atoms with Gasteiger partial charge in [0.1, 0.15) is 11.2 Å². The van der Waals surface area contributed by atoms with E-state index in [1.54, 1.807) is 0 Å². The summed E-state index contributed by atoms with van der Waals surface area (Å²) in [6.07, 6.45) is 0. The number of thiophene rings is 1. The molecular weight excluding hydrogens is 687 g/mol. The molecule has 0 saturated heterocycles. The molecule has 0 atom stereocenters. The number of fused-ring (bicyclic) bond motifs is 8. The van der Waals surface area contributed by atoms with Crippen LogP contribution in [0.2, 0.25) is 0 Å². The fraction of sp³-hybridized carbons (Fsp3) is 0. The molecule has 0 aliphatic carbocycles. The Bertz CT molecular complexity index is 3190. The van der Waals surface area contributed by atoms with E-state index in [1.165, 1.54) is 47.8 Å². The molecule has 0 unspecified atom stereocenters. The molecule has 0 fully saturated rings. The van der Waals surface area contributed by atoms with Gasteiger partial charge in [-0.3, -0.25) is 0 Å². The molecule has 3 heteroatoms. The van der Waals surface area contributed by atoms with Crippen molar-refractivity contribution in [1.29, 1.82) is 0 Å². The van der Waals surface area contributed by atoms with E-state index in [0.717, 1.165) is 55.5 Å². The summed E-state index contributed by atoms with van der Waals surface area (Å²) in [4.78, 5) is 2.39. The van der Waals surface area contributed by atoms with Crippen LogP contribution in [-0.2, 0) is 0 Å². The molecule has 0 aliphatic rings. The van der Waals surface area contributed by atoms with E-state index in [4.69, 9.17) is 4.42 Å². The lowest BCUT2D eigenvalue weighted by Crippen LogP contribution is -2.11. The van der Waals surface area contributed by atoms with Crippen molar-refractivity contribution in [3.8, 4) is 33.4 Å². The van der Waals surface area contributed by atoms with Crippen LogP contribution in [0.1, 0.15) is 0 Å². The second-order valence-corrected chi connectivity index (χ2v) is 15.1. The van der Waals surface area contributed by atoms with Crippen LogP contribution in [0.4, 0.5) is 17.1 Å². The third-order valence-electron chi connectivity index (χ3n) is 10.9. The van der Waals surface area contributed by atoms with Gasteiger partial charge in [0.2, 0.25) is 0 Å². The zero-order valence-corrected chi connectivity index (χ0v) is 30.6. The topological polar surface area (TPSA) is 16.4 Å². The summed E-state index contributed by atoms with van der Waals surface area (Å²) >= 11 is 1.86. The SMILES string of the molecule is c1ccc(-c2ccc(N(c3ccc(-c4cccc5oc6c7ccccc7ccc6c45)cc3)c3ccccc3-c3ccc4c(c3)sc3ccccc34)cc2)cc1. The molecule has 11 aromatic rings. The van der Waals surface area contributed by atoms with Crippen LogP contribution in [0.25, 0.3) is 86.3 Å². The van der Waals surface area contributed by atoms with Crippen molar-refractivity contribution in [2.75, 3.05) is 4.90 Å². The number of hydrogen-bond acceptors (Lipinski definition) is 3. The number of anilines is 3. The van der Waals surface area contributed by atoms with Crippen molar-refractivity contribution >= 4 is 81.3 Å². The van der Waals surface area contributed by atoms with Crippen molar-refractivity contribution < 1.29 is 4.42 Å². The molecule has 0 aliphatic heterocycles. The Morgan fingerprint density at radius 1 is 0.382 bits per heavy atom. The Kier molecular flexibility index (Phi) is 7.39. The van der Waals surface area contributed by atoms with Gasteiger partial charge in [-0.15, -0.1) is 11.3 Å². The first kappa shape index (κ1) is 31.6. The molecule has 0 N–H and O–H groups in total. The average Bonchev–Trinajstić information content (AvgIpc) is 3.83. The van der Waals surface area contributed by atoms with Crippen LogP contribution in [0.3, 0.4) is 0 Å². The largest absolute Gasteiger partial charge is 0.455 e.